The molecule has 0 bridgehead atoms. The van der Waals surface area contributed by atoms with E-state index in [-0.39, 0.29) is 10.8 Å². The van der Waals surface area contributed by atoms with E-state index < -0.39 is 37.3 Å². The van der Waals surface area contributed by atoms with Gasteiger partial charge in [0.2, 0.25) is 0 Å². The van der Waals surface area contributed by atoms with Crippen LogP contribution in [0.4, 0.5) is 0 Å². The Bertz CT molecular complexity index is 2020. The van der Waals surface area contributed by atoms with Crippen LogP contribution in [0.1, 0.15) is 103 Å². The van der Waals surface area contributed by atoms with Crippen LogP contribution in [0.2, 0.25) is 39.3 Å². The molecule has 0 saturated carbocycles. The van der Waals surface area contributed by atoms with Crippen LogP contribution in [-0.2, 0) is 44.5 Å². The van der Waals surface area contributed by atoms with E-state index >= 15 is 0 Å². The zero-order valence-corrected chi connectivity index (χ0v) is 44.9. The molecule has 0 unspecified atom stereocenters. The third-order valence-corrected chi connectivity index (χ3v) is 17.7. The van der Waals surface area contributed by atoms with Crippen molar-refractivity contribution in [3.8, 4) is 22.3 Å². The molecule has 0 aliphatic carbocycles. The summed E-state index contributed by atoms with van der Waals surface area (Å²) < 4.78 is 2.15. The average Bonchev–Trinajstić information content (AvgIpc) is 3.79. The molecule has 6 aromatic rings. The van der Waals surface area contributed by atoms with E-state index in [1.165, 1.54) is 105 Å². The number of hydrogen-bond acceptors (Lipinski definition) is 1. The number of halogens is 2. The Hall–Kier alpha value is -1.98. The Kier molecular flexibility index (Phi) is 20.0. The molecule has 0 atom stereocenters. The van der Waals surface area contributed by atoms with E-state index in [0.717, 1.165) is 0 Å². The van der Waals surface area contributed by atoms with Gasteiger partial charge >= 0.3 is 37.9 Å². The van der Waals surface area contributed by atoms with Gasteiger partial charge in [0.05, 0.1) is 0 Å². The van der Waals surface area contributed by atoms with Gasteiger partial charge in [0.15, 0.2) is 7.98 Å². The zero-order valence-electron chi connectivity index (χ0n) is 38.9. The summed E-state index contributed by atoms with van der Waals surface area (Å²) in [7, 11) is 13.4. The van der Waals surface area contributed by atoms with Crippen LogP contribution < -0.4 is 0 Å². The Labute approximate surface area is 382 Å². The summed E-state index contributed by atoms with van der Waals surface area (Å²) in [5.74, 6) is 0. The summed E-state index contributed by atoms with van der Waals surface area (Å²) in [6, 6.07) is 40.7. The summed E-state index contributed by atoms with van der Waals surface area (Å²) in [6.45, 7) is 32.0. The molecule has 0 aromatic heterocycles. The molecule has 0 aliphatic heterocycles. The fourth-order valence-corrected chi connectivity index (χ4v) is 15.9. The van der Waals surface area contributed by atoms with Gasteiger partial charge in [0, 0.05) is 0 Å². The predicted octanol–water partition coefficient (Wildman–Crippen LogP) is 17.1. The van der Waals surface area contributed by atoms with Gasteiger partial charge in [-0.25, -0.2) is 0 Å². The van der Waals surface area contributed by atoms with E-state index in [4.69, 9.17) is 25.0 Å². The zero-order chi connectivity index (χ0) is 44.2. The summed E-state index contributed by atoms with van der Waals surface area (Å²) in [4.78, 5) is 0. The molecular weight excluding hydrogens is 868 g/mol. The number of nitrogens with zero attached hydrogens (tertiary/aromatic N) is 1. The van der Waals surface area contributed by atoms with Crippen molar-refractivity contribution in [3.05, 3.63) is 131 Å². The van der Waals surface area contributed by atoms with Crippen molar-refractivity contribution in [3.63, 3.8) is 0 Å². The molecule has 0 aliphatic rings. The van der Waals surface area contributed by atoms with Gasteiger partial charge in [-0.15, -0.1) is 69.1 Å². The van der Waals surface area contributed by atoms with Crippen molar-refractivity contribution in [1.29, 1.82) is 0 Å². The van der Waals surface area contributed by atoms with Gasteiger partial charge < -0.3 is 4.14 Å². The second-order valence-corrected chi connectivity index (χ2v) is 33.8. The molecule has 0 saturated heterocycles. The molecule has 6 rings (SSSR count). The molecule has 1 nitrogen and oxygen atoms in total. The monoisotopic (exact) mass is 937 g/mol. The normalized spacial score (nSPS) is 11.9. The molecule has 0 amide bonds. The van der Waals surface area contributed by atoms with Crippen molar-refractivity contribution in [2.45, 2.75) is 144 Å². The first kappa shape index (κ1) is 51.4. The van der Waals surface area contributed by atoms with Gasteiger partial charge in [-0.2, -0.15) is 12.1 Å². The van der Waals surface area contributed by atoms with E-state index in [1.54, 1.807) is 0 Å². The van der Waals surface area contributed by atoms with Crippen LogP contribution in [0.25, 0.3) is 43.8 Å². The third-order valence-electron chi connectivity index (χ3n) is 10.8. The molecule has 7 heteroatoms. The molecule has 6 aromatic carbocycles. The summed E-state index contributed by atoms with van der Waals surface area (Å²) >= 11 is -0.826. The SMILES string of the molecule is CCCCc1cc2c(-c3ccccc3C(C)(C)C)cccc2[cH-]1.CCCCc1cc2c(-c3ccccc3C(C)(C)C)cccc2[cH-]1.[B]N([Si](C)(C)C)[Si](C)(C)C.[Cl][Zr+2][Cl]. The molecular formula is C52H72BCl2NSi2Zr. The molecule has 59 heavy (non-hydrogen) atoms. The van der Waals surface area contributed by atoms with Gasteiger partial charge in [-0.05, 0) is 45.9 Å². The first-order valence-corrected chi connectivity index (χ1v) is 34.9. The Balaban J connectivity index is 0.000000245. The van der Waals surface area contributed by atoms with Crippen molar-refractivity contribution in [1.82, 2.24) is 4.14 Å². The van der Waals surface area contributed by atoms with Crippen LogP contribution in [0.5, 0.6) is 0 Å². The Morgan fingerprint density at radius 3 is 1.15 bits per heavy atom. The topological polar surface area (TPSA) is 3.24 Å². The molecule has 0 spiro atoms. The fraction of sp³-hybridized carbons (Fsp3) is 0.423. The quantitative estimate of drug-likeness (QED) is 0.0977. The molecule has 314 valence electrons. The third kappa shape index (κ3) is 15.1. The van der Waals surface area contributed by atoms with Gasteiger partial charge in [0.1, 0.15) is 16.5 Å². The first-order valence-electron chi connectivity index (χ1n) is 21.7. The van der Waals surface area contributed by atoms with Crippen LogP contribution in [0.15, 0.2) is 109 Å². The average molecular weight is 940 g/mol. The molecule has 0 fully saturated rings. The second kappa shape index (κ2) is 22.9. The number of fused-ring (bicyclic) bond motifs is 2. The van der Waals surface area contributed by atoms with E-state index in [1.807, 2.05) is 0 Å². The first-order chi connectivity index (χ1) is 27.6. The number of aryl methyl sites for hydroxylation is 2. The van der Waals surface area contributed by atoms with E-state index in [0.29, 0.717) is 0 Å². The number of benzene rings is 4. The summed E-state index contributed by atoms with van der Waals surface area (Å²) in [5, 5.41) is 5.54. The van der Waals surface area contributed by atoms with Crippen molar-refractivity contribution in [2.24, 2.45) is 0 Å². The van der Waals surface area contributed by atoms with E-state index in [2.05, 4.69) is 208 Å². The predicted molar refractivity (Wildman–Crippen MR) is 271 cm³/mol. The summed E-state index contributed by atoms with van der Waals surface area (Å²) in [6.07, 6.45) is 7.41. The van der Waals surface area contributed by atoms with Crippen LogP contribution in [0, 0.1) is 0 Å². The maximum atomic E-state index is 5.98. The van der Waals surface area contributed by atoms with Crippen LogP contribution in [0.3, 0.4) is 0 Å². The van der Waals surface area contributed by atoms with Crippen molar-refractivity contribution in [2.75, 3.05) is 0 Å². The summed E-state index contributed by atoms with van der Waals surface area (Å²) in [5.41, 5.74) is 11.6. The van der Waals surface area contributed by atoms with Crippen molar-refractivity contribution < 1.29 is 20.8 Å². The number of rotatable bonds is 10. The molecule has 2 radical (unpaired) electrons. The molecule has 0 heterocycles. The van der Waals surface area contributed by atoms with Crippen molar-refractivity contribution >= 4 is 63.0 Å². The minimum atomic E-state index is -1.22. The van der Waals surface area contributed by atoms with Crippen LogP contribution in [-0.4, -0.2) is 28.6 Å². The molecule has 0 N–H and O–H groups in total. The fourth-order valence-electron chi connectivity index (χ4n) is 7.86. The van der Waals surface area contributed by atoms with E-state index in [9.17, 15) is 0 Å². The van der Waals surface area contributed by atoms with Gasteiger partial charge in [-0.1, -0.05) is 192 Å². The number of unbranched alkanes of at least 4 members (excludes halogenated alkanes) is 2. The van der Waals surface area contributed by atoms with Gasteiger partial charge in [-0.3, -0.25) is 0 Å². The Morgan fingerprint density at radius 2 is 0.864 bits per heavy atom. The second-order valence-electron chi connectivity index (χ2n) is 19.9. The van der Waals surface area contributed by atoms with Crippen LogP contribution >= 0.6 is 17.0 Å². The minimum absolute atomic E-state index is 0.149. The maximum absolute atomic E-state index is 5.98. The standard InChI is InChI=1S/2C23H27.C6H18BNSi2.2ClH.Zr/c2*1-5-6-10-17-15-18-11-9-13-19(21(18)16-17)20-12-7-8-14-22(20)23(2,3)4;1-9(2,3)8(7)10(4,5)6;;;/h2*7-9,11-16H,5-6,10H2,1-4H3;1-6H3;2*1H;/q2*-1;;;;+4/p-2. The number of hydrogen-bond donors (Lipinski definition) is 0. The van der Waals surface area contributed by atoms with Gasteiger partial charge in [0.25, 0.3) is 0 Å². The Morgan fingerprint density at radius 1 is 0.542 bits per heavy atom.